The van der Waals surface area contributed by atoms with Crippen molar-refractivity contribution in [1.82, 2.24) is 5.32 Å². The molecule has 0 bridgehead atoms. The van der Waals surface area contributed by atoms with Crippen LogP contribution in [0.2, 0.25) is 0 Å². The van der Waals surface area contributed by atoms with E-state index in [2.05, 4.69) is 5.32 Å². The van der Waals surface area contributed by atoms with Crippen molar-refractivity contribution in [3.8, 4) is 11.5 Å². The lowest BCUT2D eigenvalue weighted by Gasteiger charge is -2.26. The number of fused-ring (bicyclic) bond motifs is 1. The van der Waals surface area contributed by atoms with E-state index in [1.54, 1.807) is 0 Å². The van der Waals surface area contributed by atoms with Gasteiger partial charge in [-0.05, 0) is 44.5 Å². The Balaban J connectivity index is 2.14. The average molecular weight is 278 g/mol. The molecule has 0 atom stereocenters. The minimum Gasteiger partial charge on any atom is -0.486 e. The predicted molar refractivity (Wildman–Crippen MR) is 77.1 cm³/mol. The molecule has 1 aromatic carbocycles. The number of nitrogens with one attached hydrogen (secondary N) is 1. The van der Waals surface area contributed by atoms with Crippen molar-refractivity contribution in [3.63, 3.8) is 0 Å². The summed E-state index contributed by atoms with van der Waals surface area (Å²) in [6.45, 7) is 6.08. The van der Waals surface area contributed by atoms with E-state index in [0.717, 1.165) is 17.7 Å². The number of rotatable bonds is 5. The Labute approximate surface area is 119 Å². The molecule has 0 aromatic heterocycles. The van der Waals surface area contributed by atoms with Crippen molar-refractivity contribution in [2.24, 2.45) is 5.73 Å². The van der Waals surface area contributed by atoms with Crippen LogP contribution < -0.4 is 20.5 Å². The molecule has 5 nitrogen and oxygen atoms in total. The second kappa shape index (κ2) is 6.13. The van der Waals surface area contributed by atoms with Gasteiger partial charge in [-0.2, -0.15) is 0 Å². The van der Waals surface area contributed by atoms with Crippen LogP contribution in [0.4, 0.5) is 0 Å². The first-order chi connectivity index (χ1) is 9.55. The van der Waals surface area contributed by atoms with Crippen LogP contribution in [-0.2, 0) is 10.2 Å². The zero-order valence-electron chi connectivity index (χ0n) is 12.1. The molecule has 110 valence electrons. The zero-order chi connectivity index (χ0) is 14.6. The highest BCUT2D eigenvalue weighted by Gasteiger charge is 2.30. The second-order valence-corrected chi connectivity index (χ2v) is 5.38. The molecule has 0 radical (unpaired) electrons. The number of carbonyl (C=O) groups excluding carboxylic acids is 1. The van der Waals surface area contributed by atoms with E-state index in [1.807, 2.05) is 32.0 Å². The molecule has 1 aromatic rings. The summed E-state index contributed by atoms with van der Waals surface area (Å²) in [6, 6.07) is 5.66. The largest absolute Gasteiger partial charge is 0.486 e. The quantitative estimate of drug-likeness (QED) is 0.794. The number of hydrogen-bond acceptors (Lipinski definition) is 4. The Morgan fingerprint density at radius 3 is 2.70 bits per heavy atom. The monoisotopic (exact) mass is 278 g/mol. The van der Waals surface area contributed by atoms with Crippen molar-refractivity contribution in [1.29, 1.82) is 0 Å². The van der Waals surface area contributed by atoms with E-state index in [1.165, 1.54) is 0 Å². The Bertz CT molecular complexity index is 486. The number of carbonyl (C=O) groups is 1. The summed E-state index contributed by atoms with van der Waals surface area (Å²) in [5.41, 5.74) is 5.72. The molecule has 0 saturated heterocycles. The first-order valence-electron chi connectivity index (χ1n) is 6.94. The van der Waals surface area contributed by atoms with Gasteiger partial charge in [-0.15, -0.1) is 0 Å². The highest BCUT2D eigenvalue weighted by molar-refractivity contribution is 5.87. The van der Waals surface area contributed by atoms with Gasteiger partial charge in [0.2, 0.25) is 5.91 Å². The van der Waals surface area contributed by atoms with Crippen LogP contribution in [0.5, 0.6) is 11.5 Å². The Morgan fingerprint density at radius 2 is 2.00 bits per heavy atom. The Hall–Kier alpha value is -1.75. The normalized spacial score (nSPS) is 13.9. The van der Waals surface area contributed by atoms with Gasteiger partial charge in [0.05, 0.1) is 5.41 Å². The van der Waals surface area contributed by atoms with Gasteiger partial charge in [-0.25, -0.2) is 0 Å². The van der Waals surface area contributed by atoms with Gasteiger partial charge >= 0.3 is 0 Å². The number of ether oxygens (including phenoxy) is 2. The highest BCUT2D eigenvalue weighted by atomic mass is 16.6. The molecule has 3 N–H and O–H groups in total. The highest BCUT2D eigenvalue weighted by Crippen LogP contribution is 2.35. The van der Waals surface area contributed by atoms with Gasteiger partial charge in [-0.3, -0.25) is 4.79 Å². The molecule has 0 unspecified atom stereocenters. The van der Waals surface area contributed by atoms with Gasteiger partial charge in [0, 0.05) is 6.54 Å². The lowest BCUT2D eigenvalue weighted by atomic mass is 9.83. The number of nitrogens with two attached hydrogens (primary N) is 1. The van der Waals surface area contributed by atoms with E-state index in [0.29, 0.717) is 32.1 Å². The maximum absolute atomic E-state index is 12.3. The molecule has 0 spiro atoms. The van der Waals surface area contributed by atoms with Crippen LogP contribution in [0.15, 0.2) is 18.2 Å². The summed E-state index contributed by atoms with van der Waals surface area (Å²) >= 11 is 0. The maximum Gasteiger partial charge on any atom is 0.230 e. The Morgan fingerprint density at radius 1 is 1.30 bits per heavy atom. The van der Waals surface area contributed by atoms with Crippen LogP contribution in [0.25, 0.3) is 0 Å². The van der Waals surface area contributed by atoms with Gasteiger partial charge in [0.15, 0.2) is 11.5 Å². The number of benzene rings is 1. The standard InChI is InChI=1S/C15H22N2O3/c1-15(2,14(18)17-7-3-6-16)11-4-5-12-13(10-11)20-9-8-19-12/h4-5,10H,3,6-9,16H2,1-2H3,(H,17,18). The van der Waals surface area contributed by atoms with Crippen molar-refractivity contribution < 1.29 is 14.3 Å². The lowest BCUT2D eigenvalue weighted by molar-refractivity contribution is -0.125. The molecular weight excluding hydrogens is 256 g/mol. The fraction of sp³-hybridized carbons (Fsp3) is 0.533. The van der Waals surface area contributed by atoms with E-state index in [-0.39, 0.29) is 5.91 Å². The van der Waals surface area contributed by atoms with Crippen LogP contribution >= 0.6 is 0 Å². The van der Waals surface area contributed by atoms with Crippen molar-refractivity contribution in [2.45, 2.75) is 25.7 Å². The van der Waals surface area contributed by atoms with Crippen LogP contribution in [0, 0.1) is 0 Å². The maximum atomic E-state index is 12.3. The first kappa shape index (κ1) is 14.7. The second-order valence-electron chi connectivity index (χ2n) is 5.38. The van der Waals surface area contributed by atoms with Gasteiger partial charge in [0.1, 0.15) is 13.2 Å². The third kappa shape index (κ3) is 3.04. The number of hydrogen-bond donors (Lipinski definition) is 2. The average Bonchev–Trinajstić information content (AvgIpc) is 2.46. The first-order valence-corrected chi connectivity index (χ1v) is 6.94. The van der Waals surface area contributed by atoms with Gasteiger partial charge in [0.25, 0.3) is 0 Å². The topological polar surface area (TPSA) is 73.6 Å². The van der Waals surface area contributed by atoms with Crippen molar-refractivity contribution in [2.75, 3.05) is 26.3 Å². The van der Waals surface area contributed by atoms with Gasteiger partial charge < -0.3 is 20.5 Å². The molecule has 5 heteroatoms. The molecule has 1 amide bonds. The molecule has 1 aliphatic rings. The van der Waals surface area contributed by atoms with Crippen LogP contribution in [0.1, 0.15) is 25.8 Å². The Kier molecular flexibility index (Phi) is 4.49. The van der Waals surface area contributed by atoms with E-state index in [4.69, 9.17) is 15.2 Å². The van der Waals surface area contributed by atoms with Crippen molar-refractivity contribution in [3.05, 3.63) is 23.8 Å². The van der Waals surface area contributed by atoms with Crippen molar-refractivity contribution >= 4 is 5.91 Å². The molecule has 0 aliphatic carbocycles. The summed E-state index contributed by atoms with van der Waals surface area (Å²) in [5, 5.41) is 2.91. The minimum atomic E-state index is -0.621. The number of amides is 1. The summed E-state index contributed by atoms with van der Waals surface area (Å²) in [5.74, 6) is 1.43. The van der Waals surface area contributed by atoms with Crippen LogP contribution in [-0.4, -0.2) is 32.2 Å². The fourth-order valence-electron chi connectivity index (χ4n) is 2.09. The molecule has 2 rings (SSSR count). The molecule has 0 fully saturated rings. The SMILES string of the molecule is CC(C)(C(=O)NCCCN)c1ccc2c(c1)OCCO2. The summed E-state index contributed by atoms with van der Waals surface area (Å²) < 4.78 is 11.1. The molecule has 1 heterocycles. The minimum absolute atomic E-state index is 0.0115. The van der Waals surface area contributed by atoms with Crippen LogP contribution in [0.3, 0.4) is 0 Å². The van der Waals surface area contributed by atoms with Gasteiger partial charge in [-0.1, -0.05) is 6.07 Å². The predicted octanol–water partition coefficient (Wildman–Crippen LogP) is 1.20. The summed E-state index contributed by atoms with van der Waals surface area (Å²) in [6.07, 6.45) is 0.781. The van der Waals surface area contributed by atoms with E-state index < -0.39 is 5.41 Å². The zero-order valence-corrected chi connectivity index (χ0v) is 12.1. The molecule has 20 heavy (non-hydrogen) atoms. The lowest BCUT2D eigenvalue weighted by Crippen LogP contribution is -2.40. The fourth-order valence-corrected chi connectivity index (χ4v) is 2.09. The summed E-state index contributed by atoms with van der Waals surface area (Å²) in [4.78, 5) is 12.3. The van der Waals surface area contributed by atoms with E-state index >= 15 is 0 Å². The molecule has 0 saturated carbocycles. The van der Waals surface area contributed by atoms with E-state index in [9.17, 15) is 4.79 Å². The summed E-state index contributed by atoms with van der Waals surface area (Å²) in [7, 11) is 0. The smallest absolute Gasteiger partial charge is 0.230 e. The third-order valence-corrected chi connectivity index (χ3v) is 3.50. The molecular formula is C15H22N2O3. The molecule has 1 aliphatic heterocycles. The third-order valence-electron chi connectivity index (χ3n) is 3.50.